The molecule has 6 nitrogen and oxygen atoms in total. The number of carbonyl (C=O) groups excluding carboxylic acids is 2. The van der Waals surface area contributed by atoms with E-state index in [4.69, 9.17) is 4.74 Å². The van der Waals surface area contributed by atoms with Gasteiger partial charge in [0.1, 0.15) is 0 Å². The fraction of sp³-hybridized carbons (Fsp3) is 0.619. The van der Waals surface area contributed by atoms with Gasteiger partial charge >= 0.3 is 0 Å². The van der Waals surface area contributed by atoms with Crippen LogP contribution in [-0.2, 0) is 9.53 Å². The van der Waals surface area contributed by atoms with E-state index in [9.17, 15) is 14.7 Å². The van der Waals surface area contributed by atoms with Crippen molar-refractivity contribution in [1.82, 2.24) is 10.6 Å². The number of aliphatic hydroxyl groups is 1. The lowest BCUT2D eigenvalue weighted by atomic mass is 9.90. The van der Waals surface area contributed by atoms with Crippen molar-refractivity contribution in [3.05, 3.63) is 37.0 Å². The highest BCUT2D eigenvalue weighted by Gasteiger charge is 2.48. The number of amides is 2. The van der Waals surface area contributed by atoms with Crippen LogP contribution in [0.5, 0.6) is 0 Å². The predicted molar refractivity (Wildman–Crippen MR) is 113 cm³/mol. The molecule has 0 spiro atoms. The monoisotopic (exact) mass is 408 g/mol. The summed E-state index contributed by atoms with van der Waals surface area (Å²) < 4.78 is 6.01. The molecule has 0 aromatic heterocycles. The van der Waals surface area contributed by atoms with Gasteiger partial charge in [-0.3, -0.25) is 9.59 Å². The zero-order chi connectivity index (χ0) is 20.6. The first-order chi connectivity index (χ1) is 13.4. The van der Waals surface area contributed by atoms with Gasteiger partial charge in [-0.2, -0.15) is 0 Å². The molecule has 0 saturated carbocycles. The van der Waals surface area contributed by atoms with Crippen LogP contribution in [0, 0.1) is 0 Å². The van der Waals surface area contributed by atoms with Crippen LogP contribution in [0.3, 0.4) is 0 Å². The second kappa shape index (κ2) is 10.8. The van der Waals surface area contributed by atoms with E-state index in [0.29, 0.717) is 12.2 Å². The average molecular weight is 409 g/mol. The van der Waals surface area contributed by atoms with Crippen LogP contribution in [-0.4, -0.2) is 46.0 Å². The second-order valence-corrected chi connectivity index (χ2v) is 8.56. The Labute approximate surface area is 171 Å². The summed E-state index contributed by atoms with van der Waals surface area (Å²) in [6.07, 6.45) is 10.2. The molecule has 0 radical (unpaired) electrons. The number of carbonyl (C=O) groups is 2. The van der Waals surface area contributed by atoms with Gasteiger partial charge in [-0.05, 0) is 45.4 Å². The van der Waals surface area contributed by atoms with Crippen LogP contribution < -0.4 is 10.6 Å². The minimum absolute atomic E-state index is 0.155. The van der Waals surface area contributed by atoms with Crippen molar-refractivity contribution in [1.29, 1.82) is 0 Å². The molecule has 2 amide bonds. The molecule has 0 aliphatic carbocycles. The molecule has 0 aromatic rings. The number of allylic oxidation sites excluding steroid dienone is 3. The third-order valence-corrected chi connectivity index (χ3v) is 5.96. The van der Waals surface area contributed by atoms with Crippen molar-refractivity contribution >= 4 is 22.9 Å². The van der Waals surface area contributed by atoms with Crippen molar-refractivity contribution < 1.29 is 19.4 Å². The van der Waals surface area contributed by atoms with Gasteiger partial charge in [0, 0.05) is 24.3 Å². The second-order valence-electron chi connectivity index (χ2n) is 7.56. The molecule has 2 aliphatic rings. The van der Waals surface area contributed by atoms with Crippen molar-refractivity contribution in [2.45, 2.75) is 75.8 Å². The Morgan fingerprint density at radius 2 is 2.18 bits per heavy atom. The normalized spacial score (nSPS) is 30.6. The number of hydrogen-bond donors (Lipinski definition) is 3. The topological polar surface area (TPSA) is 87.7 Å². The van der Waals surface area contributed by atoms with Crippen molar-refractivity contribution in [2.24, 2.45) is 0 Å². The van der Waals surface area contributed by atoms with E-state index in [1.54, 1.807) is 6.08 Å². The van der Waals surface area contributed by atoms with E-state index in [-0.39, 0.29) is 29.7 Å². The summed E-state index contributed by atoms with van der Waals surface area (Å²) >= 11 is 1.14. The summed E-state index contributed by atoms with van der Waals surface area (Å²) in [5.41, 5.74) is 0.988. The van der Waals surface area contributed by atoms with Gasteiger partial charge in [-0.15, -0.1) is 13.2 Å². The van der Waals surface area contributed by atoms with Crippen LogP contribution in [0.15, 0.2) is 37.0 Å². The first kappa shape index (κ1) is 22.7. The highest BCUT2D eigenvalue weighted by Crippen LogP contribution is 2.35. The van der Waals surface area contributed by atoms with E-state index in [0.717, 1.165) is 49.4 Å². The Kier molecular flexibility index (Phi) is 8.79. The Balaban J connectivity index is 2.04. The molecule has 2 saturated heterocycles. The van der Waals surface area contributed by atoms with Gasteiger partial charge in [-0.1, -0.05) is 29.5 Å². The molecule has 7 heteroatoms. The molecule has 2 fully saturated rings. The first-order valence-electron chi connectivity index (χ1n) is 9.89. The molecule has 1 unspecified atom stereocenters. The third-order valence-electron chi connectivity index (χ3n) is 5.08. The van der Waals surface area contributed by atoms with Crippen LogP contribution in [0.25, 0.3) is 0 Å². The van der Waals surface area contributed by atoms with Gasteiger partial charge in [0.05, 0.1) is 12.1 Å². The van der Waals surface area contributed by atoms with Gasteiger partial charge in [-0.25, -0.2) is 0 Å². The molecule has 0 bridgehead atoms. The van der Waals surface area contributed by atoms with Gasteiger partial charge < -0.3 is 20.5 Å². The molecule has 156 valence electrons. The van der Waals surface area contributed by atoms with E-state index >= 15 is 0 Å². The van der Waals surface area contributed by atoms with Crippen molar-refractivity contribution in [3.8, 4) is 0 Å². The van der Waals surface area contributed by atoms with Crippen LogP contribution in [0.1, 0.15) is 51.9 Å². The lowest BCUT2D eigenvalue weighted by Crippen LogP contribution is -2.60. The molecule has 2 aliphatic heterocycles. The molecular formula is C21H32N2O4S. The minimum Gasteiger partial charge on any atom is -0.364 e. The Bertz CT molecular complexity index is 622. The number of ether oxygens (including phenoxy) is 1. The maximum Gasteiger partial charge on any atom is 0.279 e. The van der Waals surface area contributed by atoms with E-state index in [1.165, 1.54) is 0 Å². The number of hydrogen-bond acceptors (Lipinski definition) is 5. The fourth-order valence-electron chi connectivity index (χ4n) is 3.64. The quantitative estimate of drug-likeness (QED) is 0.293. The zero-order valence-corrected chi connectivity index (χ0v) is 17.4. The maximum absolute atomic E-state index is 12.4. The van der Waals surface area contributed by atoms with Crippen LogP contribution in [0.2, 0.25) is 0 Å². The summed E-state index contributed by atoms with van der Waals surface area (Å²) in [5.74, 6) is -1.18. The standard InChI is InChI=1S/C21H32N2O4S/c1-4-6-8-10-17-12-16(22-19(24)11-15(3)9-7-5-2)13-21(26,27-17)18-14-28-20(25)23-18/h4-5,11,16-18,26H,1-2,6-10,12-14H2,3H3,(H,22,24)(H,23,25)/b15-11-/t16?,17-,18+,21-/m1/s1. The number of unbranched alkanes of at least 4 members (excludes halogenated alkanes) is 1. The molecule has 0 aromatic carbocycles. The summed E-state index contributed by atoms with van der Waals surface area (Å²) in [6, 6.07) is -0.692. The highest BCUT2D eigenvalue weighted by molar-refractivity contribution is 8.14. The highest BCUT2D eigenvalue weighted by atomic mass is 32.2. The van der Waals surface area contributed by atoms with E-state index < -0.39 is 11.8 Å². The van der Waals surface area contributed by atoms with Crippen molar-refractivity contribution in [3.63, 3.8) is 0 Å². The SMILES string of the molecule is C=CCCC[C@@H]1CC(NC(=O)/C=C(/C)CCC=C)C[C@](O)([C@@H]2CSC(=O)N2)O1. The summed E-state index contributed by atoms with van der Waals surface area (Å²) in [5, 5.41) is 16.8. The molecule has 2 heterocycles. The predicted octanol–water partition coefficient (Wildman–Crippen LogP) is 3.43. The Morgan fingerprint density at radius 3 is 2.82 bits per heavy atom. The molecular weight excluding hydrogens is 376 g/mol. The lowest BCUT2D eigenvalue weighted by Gasteiger charge is -2.44. The van der Waals surface area contributed by atoms with E-state index in [2.05, 4.69) is 23.8 Å². The smallest absolute Gasteiger partial charge is 0.279 e. The van der Waals surface area contributed by atoms with Crippen molar-refractivity contribution in [2.75, 3.05) is 5.75 Å². The zero-order valence-electron chi connectivity index (χ0n) is 16.6. The van der Waals surface area contributed by atoms with E-state index in [1.807, 2.05) is 19.1 Å². The molecule has 28 heavy (non-hydrogen) atoms. The summed E-state index contributed by atoms with van der Waals surface area (Å²) in [7, 11) is 0. The van der Waals surface area contributed by atoms with Crippen LogP contribution >= 0.6 is 11.8 Å². The number of rotatable bonds is 10. The molecule has 3 N–H and O–H groups in total. The first-order valence-corrected chi connectivity index (χ1v) is 10.9. The summed E-state index contributed by atoms with van der Waals surface area (Å²) in [4.78, 5) is 24.0. The lowest BCUT2D eigenvalue weighted by molar-refractivity contribution is -0.269. The van der Waals surface area contributed by atoms with Gasteiger partial charge in [0.2, 0.25) is 5.91 Å². The maximum atomic E-state index is 12.4. The fourth-order valence-corrected chi connectivity index (χ4v) is 4.52. The number of thioether (sulfide) groups is 1. The number of nitrogens with one attached hydrogen (secondary N) is 2. The summed E-state index contributed by atoms with van der Waals surface area (Å²) in [6.45, 7) is 9.36. The minimum atomic E-state index is -1.48. The largest absolute Gasteiger partial charge is 0.364 e. The molecule has 2 rings (SSSR count). The Morgan fingerprint density at radius 1 is 1.43 bits per heavy atom. The Hall–Kier alpha value is -1.57. The third kappa shape index (κ3) is 6.79. The van der Waals surface area contributed by atoms with Crippen LogP contribution in [0.4, 0.5) is 4.79 Å². The average Bonchev–Trinajstić information content (AvgIpc) is 3.07. The van der Waals surface area contributed by atoms with Gasteiger partial charge in [0.25, 0.3) is 5.24 Å². The van der Waals surface area contributed by atoms with Gasteiger partial charge in [0.15, 0.2) is 5.79 Å². The molecule has 4 atom stereocenters.